The molecule has 184 valence electrons. The van der Waals surface area contributed by atoms with Gasteiger partial charge in [0.15, 0.2) is 5.13 Å². The minimum Gasteiger partial charge on any atom is -0.311 e. The largest absolute Gasteiger partial charge is 0.311 e. The van der Waals surface area contributed by atoms with Gasteiger partial charge in [-0.05, 0) is 54.4 Å². The van der Waals surface area contributed by atoms with Crippen LogP contribution in [0.2, 0.25) is 10.0 Å². The molecule has 2 aliphatic heterocycles. The molecule has 0 spiro atoms. The Morgan fingerprint density at radius 2 is 1.83 bits per heavy atom. The number of amides is 1. The maximum Gasteiger partial charge on any atom is 0.263 e. The molecule has 2 saturated heterocycles. The first-order valence-electron chi connectivity index (χ1n) is 11.1. The van der Waals surface area contributed by atoms with Crippen LogP contribution in [0.4, 0.5) is 10.8 Å². The van der Waals surface area contributed by atoms with Crippen LogP contribution in [0.1, 0.15) is 18.0 Å². The SMILES string of the molecule is O=C1[C@@H](N2CCNC(c3cc(Cl)cc(Cl)c3)C2)CCN1c1ccc(S(=O)(=O)Nc2nccs2)cc1. The summed E-state index contributed by atoms with van der Waals surface area (Å²) < 4.78 is 27.6. The summed E-state index contributed by atoms with van der Waals surface area (Å²) >= 11 is 13.6. The van der Waals surface area contributed by atoms with Crippen LogP contribution in [0, 0.1) is 0 Å². The molecule has 2 fully saturated rings. The Hall–Kier alpha value is -2.21. The van der Waals surface area contributed by atoms with E-state index in [9.17, 15) is 13.2 Å². The number of thiazole rings is 1. The number of carbonyl (C=O) groups is 1. The van der Waals surface area contributed by atoms with Crippen LogP contribution in [0.25, 0.3) is 0 Å². The summed E-state index contributed by atoms with van der Waals surface area (Å²) in [6, 6.07) is 11.7. The summed E-state index contributed by atoms with van der Waals surface area (Å²) in [5, 5.41) is 6.66. The van der Waals surface area contributed by atoms with Gasteiger partial charge in [0, 0.05) is 59.5 Å². The van der Waals surface area contributed by atoms with Crippen LogP contribution < -0.4 is 14.9 Å². The third-order valence-electron chi connectivity index (χ3n) is 6.22. The number of carbonyl (C=O) groups excluding carboxylic acids is 1. The fourth-order valence-electron chi connectivity index (χ4n) is 4.57. The highest BCUT2D eigenvalue weighted by Crippen LogP contribution is 2.30. The lowest BCUT2D eigenvalue weighted by Gasteiger charge is -2.37. The molecule has 0 aliphatic carbocycles. The molecule has 0 bridgehead atoms. The molecule has 2 aliphatic rings. The molecule has 3 heterocycles. The molecule has 1 unspecified atom stereocenters. The van der Waals surface area contributed by atoms with Gasteiger partial charge in [0.1, 0.15) is 0 Å². The highest BCUT2D eigenvalue weighted by molar-refractivity contribution is 7.93. The van der Waals surface area contributed by atoms with E-state index >= 15 is 0 Å². The molecule has 35 heavy (non-hydrogen) atoms. The minimum atomic E-state index is -3.74. The number of aromatic nitrogens is 1. The first kappa shape index (κ1) is 24.5. The molecule has 1 aromatic heterocycles. The zero-order valence-corrected chi connectivity index (χ0v) is 21.7. The minimum absolute atomic E-state index is 0.0197. The molecule has 3 aromatic rings. The van der Waals surface area contributed by atoms with E-state index in [0.29, 0.717) is 40.4 Å². The zero-order chi connectivity index (χ0) is 24.6. The van der Waals surface area contributed by atoms with Crippen molar-refractivity contribution in [3.05, 3.63) is 69.7 Å². The second kappa shape index (κ2) is 10.0. The Balaban J connectivity index is 1.27. The maximum absolute atomic E-state index is 13.3. The van der Waals surface area contributed by atoms with Crippen molar-refractivity contribution in [2.75, 3.05) is 35.8 Å². The predicted molar refractivity (Wildman–Crippen MR) is 139 cm³/mol. The number of nitrogens with zero attached hydrogens (tertiary/aromatic N) is 3. The Bertz CT molecular complexity index is 1300. The highest BCUT2D eigenvalue weighted by Gasteiger charge is 2.38. The van der Waals surface area contributed by atoms with Crippen molar-refractivity contribution in [2.24, 2.45) is 0 Å². The lowest BCUT2D eigenvalue weighted by molar-refractivity contribution is -0.122. The van der Waals surface area contributed by atoms with Gasteiger partial charge >= 0.3 is 0 Å². The Labute approximate surface area is 217 Å². The van der Waals surface area contributed by atoms with Crippen LogP contribution in [0.15, 0.2) is 58.9 Å². The average Bonchev–Trinajstić information content (AvgIpc) is 3.48. The van der Waals surface area contributed by atoms with E-state index in [0.717, 1.165) is 18.7 Å². The van der Waals surface area contributed by atoms with Gasteiger partial charge in [0.05, 0.1) is 10.9 Å². The molecule has 0 radical (unpaired) electrons. The van der Waals surface area contributed by atoms with Gasteiger partial charge < -0.3 is 10.2 Å². The summed E-state index contributed by atoms with van der Waals surface area (Å²) in [6.45, 7) is 2.75. The number of sulfonamides is 1. The van der Waals surface area contributed by atoms with Crippen molar-refractivity contribution in [3.8, 4) is 0 Å². The third-order valence-corrected chi connectivity index (χ3v) is 8.83. The van der Waals surface area contributed by atoms with Crippen molar-refractivity contribution in [3.63, 3.8) is 0 Å². The van der Waals surface area contributed by atoms with Gasteiger partial charge in [-0.3, -0.25) is 14.4 Å². The summed E-state index contributed by atoms with van der Waals surface area (Å²) in [4.78, 5) is 21.3. The summed E-state index contributed by atoms with van der Waals surface area (Å²) in [5.74, 6) is 0.0197. The smallest absolute Gasteiger partial charge is 0.263 e. The number of hydrogen-bond acceptors (Lipinski definition) is 7. The van der Waals surface area contributed by atoms with Gasteiger partial charge in [0.25, 0.3) is 10.0 Å². The number of anilines is 2. The second-order valence-electron chi connectivity index (χ2n) is 8.44. The topological polar surface area (TPSA) is 94.6 Å². The fourth-order valence-corrected chi connectivity index (χ4v) is 6.90. The van der Waals surface area contributed by atoms with Crippen molar-refractivity contribution in [1.29, 1.82) is 0 Å². The van der Waals surface area contributed by atoms with Crippen molar-refractivity contribution < 1.29 is 13.2 Å². The van der Waals surface area contributed by atoms with Crippen molar-refractivity contribution in [1.82, 2.24) is 15.2 Å². The van der Waals surface area contributed by atoms with Gasteiger partial charge in [-0.25, -0.2) is 13.4 Å². The molecule has 5 rings (SSSR count). The second-order valence-corrected chi connectivity index (χ2v) is 11.9. The van der Waals surface area contributed by atoms with E-state index in [1.807, 2.05) is 12.1 Å². The number of rotatable bonds is 6. The molecule has 12 heteroatoms. The standard InChI is InChI=1S/C23H23Cl2N5O3S2/c24-16-11-15(12-17(25)13-16)20-14-29(9-6-26-20)21-5-8-30(22(21)31)18-1-3-19(4-2-18)35(32,33)28-23-27-7-10-34-23/h1-4,7,10-13,20-21,26H,5-6,8-9,14H2,(H,27,28)/t20?,21-/m0/s1. The van der Waals surface area contributed by atoms with Crippen LogP contribution in [-0.2, 0) is 14.8 Å². The predicted octanol–water partition coefficient (Wildman–Crippen LogP) is 4.00. The number of hydrogen-bond donors (Lipinski definition) is 2. The lowest BCUT2D eigenvalue weighted by atomic mass is 10.0. The molecule has 2 atom stereocenters. The van der Waals surface area contributed by atoms with Crippen molar-refractivity contribution >= 4 is 61.3 Å². The number of halogens is 2. The number of piperazine rings is 1. The van der Waals surface area contributed by atoms with Gasteiger partial charge in [-0.1, -0.05) is 23.2 Å². The number of nitrogens with one attached hydrogen (secondary N) is 2. The number of benzene rings is 2. The first-order chi connectivity index (χ1) is 16.8. The third kappa shape index (κ3) is 5.32. The monoisotopic (exact) mass is 551 g/mol. The average molecular weight is 553 g/mol. The summed E-state index contributed by atoms with van der Waals surface area (Å²) in [7, 11) is -3.74. The van der Waals surface area contributed by atoms with E-state index < -0.39 is 10.0 Å². The van der Waals surface area contributed by atoms with Crippen LogP contribution in [0.5, 0.6) is 0 Å². The molecule has 2 N–H and O–H groups in total. The maximum atomic E-state index is 13.3. The summed E-state index contributed by atoms with van der Waals surface area (Å²) in [6.07, 6.45) is 2.24. The highest BCUT2D eigenvalue weighted by atomic mass is 35.5. The van der Waals surface area contributed by atoms with Crippen LogP contribution in [-0.4, -0.2) is 56.4 Å². The van der Waals surface area contributed by atoms with E-state index in [-0.39, 0.29) is 22.9 Å². The van der Waals surface area contributed by atoms with Crippen LogP contribution >= 0.6 is 34.5 Å². The fraction of sp³-hybridized carbons (Fsp3) is 0.304. The van der Waals surface area contributed by atoms with Crippen LogP contribution in [0.3, 0.4) is 0 Å². The normalized spacial score (nSPS) is 21.4. The lowest BCUT2D eigenvalue weighted by Crippen LogP contribution is -2.52. The van der Waals surface area contributed by atoms with E-state index in [1.54, 1.807) is 28.5 Å². The zero-order valence-electron chi connectivity index (χ0n) is 18.5. The summed E-state index contributed by atoms with van der Waals surface area (Å²) in [5.41, 5.74) is 1.68. The Morgan fingerprint density at radius 3 is 2.51 bits per heavy atom. The van der Waals surface area contributed by atoms with E-state index in [2.05, 4.69) is 19.9 Å². The molecule has 0 saturated carbocycles. The first-order valence-corrected chi connectivity index (χ1v) is 14.2. The molecule has 1 amide bonds. The Kier molecular flexibility index (Phi) is 7.02. The Morgan fingerprint density at radius 1 is 1.09 bits per heavy atom. The van der Waals surface area contributed by atoms with Crippen molar-refractivity contribution in [2.45, 2.75) is 23.4 Å². The quantitative estimate of drug-likeness (QED) is 0.480. The van der Waals surface area contributed by atoms with Gasteiger partial charge in [0.2, 0.25) is 5.91 Å². The van der Waals surface area contributed by atoms with E-state index in [4.69, 9.17) is 23.2 Å². The molecular formula is C23H23Cl2N5O3S2. The van der Waals surface area contributed by atoms with Gasteiger partial charge in [-0.2, -0.15) is 0 Å². The molecular weight excluding hydrogens is 529 g/mol. The van der Waals surface area contributed by atoms with E-state index in [1.165, 1.54) is 29.7 Å². The van der Waals surface area contributed by atoms with Gasteiger partial charge in [-0.15, -0.1) is 11.3 Å². The molecule has 8 nitrogen and oxygen atoms in total. The molecule has 2 aromatic carbocycles.